The summed E-state index contributed by atoms with van der Waals surface area (Å²) >= 11 is 1.19. The van der Waals surface area contributed by atoms with Gasteiger partial charge in [0, 0.05) is 29.0 Å². The maximum Gasteiger partial charge on any atom is 0.271 e. The molecule has 0 saturated heterocycles. The van der Waals surface area contributed by atoms with Gasteiger partial charge in [-0.2, -0.15) is 0 Å². The van der Waals surface area contributed by atoms with Crippen molar-refractivity contribution in [2.24, 2.45) is 4.99 Å². The quantitative estimate of drug-likeness (QED) is 0.276. The van der Waals surface area contributed by atoms with Gasteiger partial charge in [-0.1, -0.05) is 29.5 Å². The van der Waals surface area contributed by atoms with Gasteiger partial charge >= 0.3 is 0 Å². The molecule has 10 heteroatoms. The van der Waals surface area contributed by atoms with Gasteiger partial charge in [-0.05, 0) is 67.6 Å². The van der Waals surface area contributed by atoms with Crippen LogP contribution in [0.1, 0.15) is 24.3 Å². The van der Waals surface area contributed by atoms with Gasteiger partial charge < -0.3 is 19.2 Å². The Morgan fingerprint density at radius 3 is 2.51 bits per heavy atom. The predicted molar refractivity (Wildman–Crippen MR) is 162 cm³/mol. The summed E-state index contributed by atoms with van der Waals surface area (Å²) in [5.41, 5.74) is 2.35. The minimum Gasteiger partial charge on any atom is -0.497 e. The summed E-state index contributed by atoms with van der Waals surface area (Å²) in [6.45, 7) is 1.75. The Labute approximate surface area is 249 Å². The molecule has 1 atom stereocenters. The summed E-state index contributed by atoms with van der Waals surface area (Å²) in [6, 6.07) is 23.0. The minimum absolute atomic E-state index is 0.308. The molecule has 0 aliphatic carbocycles. The Kier molecular flexibility index (Phi) is 7.52. The molecule has 1 aliphatic rings. The van der Waals surface area contributed by atoms with E-state index < -0.39 is 6.04 Å². The molecule has 3 heterocycles. The number of allylic oxidation sites excluding steroid dienone is 1. The number of carbonyl (C=O) groups excluding carboxylic acids is 1. The SMILES string of the molecule is COc1ccc([C@@H]2C(C(=O)Nc3ccccc3)=C(C)N=c3s/c(=C\c4ccc(-c5ccc(F)cc5)o4)c(=O)n32)c(OC)c1. The van der Waals surface area contributed by atoms with Gasteiger partial charge in [-0.3, -0.25) is 14.2 Å². The Hall–Kier alpha value is -5.22. The lowest BCUT2D eigenvalue weighted by molar-refractivity contribution is -0.113. The van der Waals surface area contributed by atoms with Crippen molar-refractivity contribution >= 4 is 29.0 Å². The summed E-state index contributed by atoms with van der Waals surface area (Å²) in [5.74, 6) is 1.27. The number of amides is 1. The van der Waals surface area contributed by atoms with Crippen molar-refractivity contribution in [1.82, 2.24) is 4.57 Å². The third kappa shape index (κ3) is 5.40. The highest BCUT2D eigenvalue weighted by Gasteiger charge is 2.34. The van der Waals surface area contributed by atoms with Crippen molar-refractivity contribution in [2.75, 3.05) is 19.5 Å². The first-order chi connectivity index (χ1) is 20.9. The number of nitrogens with zero attached hydrogens (tertiary/aromatic N) is 2. The number of furan rings is 1. The van der Waals surface area contributed by atoms with Crippen LogP contribution in [0.25, 0.3) is 17.4 Å². The summed E-state index contributed by atoms with van der Waals surface area (Å²) in [4.78, 5) is 33.0. The molecule has 0 saturated carbocycles. The number of hydrogen-bond acceptors (Lipinski definition) is 7. The van der Waals surface area contributed by atoms with E-state index in [2.05, 4.69) is 10.3 Å². The van der Waals surface area contributed by atoms with Crippen LogP contribution in [0, 0.1) is 5.82 Å². The molecule has 5 aromatic rings. The highest BCUT2D eigenvalue weighted by Crippen LogP contribution is 2.37. The van der Waals surface area contributed by atoms with E-state index in [1.807, 2.05) is 18.2 Å². The molecular formula is C33H26FN3O5S. The largest absolute Gasteiger partial charge is 0.497 e. The monoisotopic (exact) mass is 595 g/mol. The number of halogens is 1. The molecule has 3 aromatic carbocycles. The molecule has 0 bridgehead atoms. The van der Waals surface area contributed by atoms with Gasteiger partial charge in [-0.15, -0.1) is 0 Å². The number of hydrogen-bond donors (Lipinski definition) is 1. The lowest BCUT2D eigenvalue weighted by Gasteiger charge is -2.26. The molecule has 2 aromatic heterocycles. The molecule has 43 heavy (non-hydrogen) atoms. The number of nitrogens with one attached hydrogen (secondary N) is 1. The third-order valence-electron chi connectivity index (χ3n) is 7.06. The van der Waals surface area contributed by atoms with E-state index >= 15 is 0 Å². The Balaban J connectivity index is 1.49. The Morgan fingerprint density at radius 1 is 1.02 bits per heavy atom. The van der Waals surface area contributed by atoms with Crippen molar-refractivity contribution < 1.29 is 23.1 Å². The Bertz CT molecular complexity index is 2040. The standard InChI is InChI=1S/C33H26FN3O5S/c1-19-29(31(38)36-22-7-5-4-6-8-22)30(25-15-13-23(40-2)17-27(25)41-3)37-32(39)28(43-33(37)35-19)18-24-14-16-26(42-24)20-9-11-21(34)12-10-20/h4-18,30H,1-3H3,(H,36,38)/b28-18-/t30-/m1/s1. The van der Waals surface area contributed by atoms with Crippen LogP contribution in [0.5, 0.6) is 11.5 Å². The zero-order chi connectivity index (χ0) is 30.1. The summed E-state index contributed by atoms with van der Waals surface area (Å²) in [5, 5.41) is 2.94. The summed E-state index contributed by atoms with van der Waals surface area (Å²) in [6.07, 6.45) is 1.64. The number of fused-ring (bicyclic) bond motifs is 1. The van der Waals surface area contributed by atoms with Gasteiger partial charge in [0.1, 0.15) is 34.9 Å². The number of methoxy groups -OCH3 is 2. The fraction of sp³-hybridized carbons (Fsp3) is 0.121. The van der Waals surface area contributed by atoms with E-state index in [1.165, 1.54) is 35.1 Å². The second-order valence-electron chi connectivity index (χ2n) is 9.72. The minimum atomic E-state index is -0.839. The summed E-state index contributed by atoms with van der Waals surface area (Å²) in [7, 11) is 3.08. The van der Waals surface area contributed by atoms with Crippen molar-refractivity contribution in [3.8, 4) is 22.8 Å². The number of ether oxygens (including phenoxy) is 2. The second-order valence-corrected chi connectivity index (χ2v) is 10.7. The zero-order valence-electron chi connectivity index (χ0n) is 23.5. The molecule has 6 rings (SSSR count). The normalized spacial score (nSPS) is 14.7. The van der Waals surface area contributed by atoms with E-state index in [0.717, 1.165) is 0 Å². The second kappa shape index (κ2) is 11.6. The van der Waals surface area contributed by atoms with Crippen LogP contribution in [0.15, 0.2) is 110 Å². The molecule has 0 unspecified atom stereocenters. The van der Waals surface area contributed by atoms with Crippen molar-refractivity contribution in [1.29, 1.82) is 0 Å². The topological polar surface area (TPSA) is 95.1 Å². The first-order valence-electron chi connectivity index (χ1n) is 13.3. The van der Waals surface area contributed by atoms with Crippen LogP contribution >= 0.6 is 11.3 Å². The molecule has 216 valence electrons. The van der Waals surface area contributed by atoms with Gasteiger partial charge in [0.2, 0.25) is 0 Å². The van der Waals surface area contributed by atoms with Gasteiger partial charge in [0.05, 0.1) is 30.0 Å². The first kappa shape index (κ1) is 27.9. The van der Waals surface area contributed by atoms with Crippen LogP contribution in [-0.4, -0.2) is 24.7 Å². The first-order valence-corrected chi connectivity index (χ1v) is 14.1. The third-order valence-corrected chi connectivity index (χ3v) is 8.05. The molecule has 0 spiro atoms. The number of thiazole rings is 1. The zero-order valence-corrected chi connectivity index (χ0v) is 24.3. The van der Waals surface area contributed by atoms with E-state index in [9.17, 15) is 14.0 Å². The number of carbonyl (C=O) groups is 1. The number of rotatable bonds is 7. The fourth-order valence-corrected chi connectivity index (χ4v) is 6.03. The number of aromatic nitrogens is 1. The average Bonchev–Trinajstić information content (AvgIpc) is 3.61. The maximum absolute atomic E-state index is 14.1. The predicted octanol–water partition coefficient (Wildman–Crippen LogP) is 5.29. The average molecular weight is 596 g/mol. The van der Waals surface area contributed by atoms with Crippen LogP contribution in [0.2, 0.25) is 0 Å². The molecular weight excluding hydrogens is 569 g/mol. The molecule has 1 aliphatic heterocycles. The van der Waals surface area contributed by atoms with Crippen molar-refractivity contribution in [3.63, 3.8) is 0 Å². The van der Waals surface area contributed by atoms with Crippen LogP contribution in [-0.2, 0) is 4.79 Å². The van der Waals surface area contributed by atoms with E-state index in [-0.39, 0.29) is 17.3 Å². The molecule has 0 fully saturated rings. The van der Waals surface area contributed by atoms with E-state index in [1.54, 1.807) is 74.7 Å². The van der Waals surface area contributed by atoms with Crippen LogP contribution in [0.3, 0.4) is 0 Å². The molecule has 1 N–H and O–H groups in total. The van der Waals surface area contributed by atoms with Crippen LogP contribution in [0.4, 0.5) is 10.1 Å². The molecule has 1 amide bonds. The smallest absolute Gasteiger partial charge is 0.271 e. The van der Waals surface area contributed by atoms with Crippen LogP contribution < -0.4 is 29.7 Å². The molecule has 8 nitrogen and oxygen atoms in total. The van der Waals surface area contributed by atoms with E-state index in [0.29, 0.717) is 60.4 Å². The lowest BCUT2D eigenvalue weighted by Crippen LogP contribution is -2.40. The number of benzene rings is 3. The summed E-state index contributed by atoms with van der Waals surface area (Å²) < 4.78 is 32.3. The highest BCUT2D eigenvalue weighted by molar-refractivity contribution is 7.07. The number of para-hydroxylation sites is 1. The van der Waals surface area contributed by atoms with Crippen molar-refractivity contribution in [3.05, 3.63) is 133 Å². The van der Waals surface area contributed by atoms with E-state index in [4.69, 9.17) is 13.9 Å². The van der Waals surface area contributed by atoms with Crippen molar-refractivity contribution in [2.45, 2.75) is 13.0 Å². The van der Waals surface area contributed by atoms with Gasteiger partial charge in [0.15, 0.2) is 4.80 Å². The lowest BCUT2D eigenvalue weighted by atomic mass is 9.94. The Morgan fingerprint density at radius 2 is 1.79 bits per heavy atom. The molecule has 0 radical (unpaired) electrons. The maximum atomic E-state index is 14.1. The highest BCUT2D eigenvalue weighted by atomic mass is 32.1. The van der Waals surface area contributed by atoms with Gasteiger partial charge in [0.25, 0.3) is 11.5 Å². The number of anilines is 1. The van der Waals surface area contributed by atoms with Gasteiger partial charge in [-0.25, -0.2) is 9.38 Å². The fourth-order valence-electron chi connectivity index (χ4n) is 5.00.